The van der Waals surface area contributed by atoms with Crippen LogP contribution in [0.4, 0.5) is 0 Å². The average Bonchev–Trinajstić information content (AvgIpc) is 2.71. The number of methoxy groups -OCH3 is 1. The number of hydrogen-bond acceptors (Lipinski definition) is 4. The number of carbonyl (C=O) groups excluding carboxylic acids is 2. The summed E-state index contributed by atoms with van der Waals surface area (Å²) in [4.78, 5) is 24.6. The first-order chi connectivity index (χ1) is 13.1. The quantitative estimate of drug-likeness (QED) is 0.711. The fraction of sp³-hybridized carbons (Fsp3) is 0.333. The summed E-state index contributed by atoms with van der Waals surface area (Å²) in [6, 6.07) is 14.4. The summed E-state index contributed by atoms with van der Waals surface area (Å²) in [6.45, 7) is 4.20. The Morgan fingerprint density at radius 2 is 1.74 bits per heavy atom. The van der Waals surface area contributed by atoms with E-state index in [9.17, 15) is 9.59 Å². The van der Waals surface area contributed by atoms with Crippen molar-refractivity contribution in [3.63, 3.8) is 0 Å². The molecule has 0 aliphatic rings. The van der Waals surface area contributed by atoms with Gasteiger partial charge in [0.2, 0.25) is 5.91 Å². The zero-order valence-electron chi connectivity index (χ0n) is 16.0. The Morgan fingerprint density at radius 3 is 2.37 bits per heavy atom. The van der Waals surface area contributed by atoms with Crippen molar-refractivity contribution in [3.8, 4) is 11.5 Å². The van der Waals surface area contributed by atoms with Crippen molar-refractivity contribution >= 4 is 11.8 Å². The van der Waals surface area contributed by atoms with Crippen LogP contribution in [0.15, 0.2) is 48.5 Å². The van der Waals surface area contributed by atoms with Crippen molar-refractivity contribution in [1.82, 2.24) is 10.6 Å². The predicted molar refractivity (Wildman–Crippen MR) is 104 cm³/mol. The van der Waals surface area contributed by atoms with Gasteiger partial charge in [0.05, 0.1) is 31.9 Å². The maximum absolute atomic E-state index is 12.4. The number of para-hydroxylation sites is 1. The van der Waals surface area contributed by atoms with Crippen molar-refractivity contribution < 1.29 is 19.1 Å². The zero-order valence-corrected chi connectivity index (χ0v) is 16.0. The molecule has 0 saturated carbocycles. The molecule has 0 spiro atoms. The van der Waals surface area contributed by atoms with E-state index in [1.165, 1.54) is 0 Å². The molecule has 2 aromatic carbocycles. The van der Waals surface area contributed by atoms with Crippen LogP contribution < -0.4 is 20.1 Å². The minimum absolute atomic E-state index is 0.105. The third-order valence-electron chi connectivity index (χ3n) is 4.10. The van der Waals surface area contributed by atoms with Crippen LogP contribution >= 0.6 is 0 Å². The van der Waals surface area contributed by atoms with E-state index in [0.29, 0.717) is 17.9 Å². The lowest BCUT2D eigenvalue weighted by atomic mass is 10.0. The second-order valence-corrected chi connectivity index (χ2v) is 5.91. The first-order valence-corrected chi connectivity index (χ1v) is 9.02. The van der Waals surface area contributed by atoms with E-state index >= 15 is 0 Å². The Balaban J connectivity index is 1.93. The number of rotatable bonds is 9. The lowest BCUT2D eigenvalue weighted by Gasteiger charge is -2.18. The fourth-order valence-electron chi connectivity index (χ4n) is 2.69. The van der Waals surface area contributed by atoms with Gasteiger partial charge in [-0.15, -0.1) is 0 Å². The summed E-state index contributed by atoms with van der Waals surface area (Å²) in [5, 5.41) is 5.59. The summed E-state index contributed by atoms with van der Waals surface area (Å²) in [7, 11) is 1.61. The minimum Gasteiger partial charge on any atom is -0.497 e. The van der Waals surface area contributed by atoms with E-state index in [1.54, 1.807) is 31.4 Å². The second kappa shape index (κ2) is 10.2. The smallest absolute Gasteiger partial charge is 0.255 e. The molecule has 144 valence electrons. The highest BCUT2D eigenvalue weighted by Crippen LogP contribution is 2.20. The van der Waals surface area contributed by atoms with Gasteiger partial charge in [0.15, 0.2) is 0 Å². The van der Waals surface area contributed by atoms with Crippen molar-refractivity contribution in [2.75, 3.05) is 20.3 Å². The van der Waals surface area contributed by atoms with Crippen molar-refractivity contribution in [2.24, 2.45) is 0 Å². The third kappa shape index (κ3) is 5.74. The monoisotopic (exact) mass is 370 g/mol. The van der Waals surface area contributed by atoms with Crippen LogP contribution in [-0.2, 0) is 4.79 Å². The zero-order chi connectivity index (χ0) is 19.6. The van der Waals surface area contributed by atoms with Crippen molar-refractivity contribution in [3.05, 3.63) is 59.7 Å². The van der Waals surface area contributed by atoms with Gasteiger partial charge in [-0.25, -0.2) is 0 Å². The topological polar surface area (TPSA) is 76.7 Å². The van der Waals surface area contributed by atoms with Gasteiger partial charge in [-0.1, -0.05) is 31.2 Å². The van der Waals surface area contributed by atoms with Gasteiger partial charge < -0.3 is 20.1 Å². The number of ether oxygens (including phenoxy) is 2. The molecule has 0 fully saturated rings. The number of amides is 2. The molecule has 0 aliphatic carbocycles. The van der Waals surface area contributed by atoms with E-state index in [-0.39, 0.29) is 24.4 Å². The molecular weight excluding hydrogens is 344 g/mol. The fourth-order valence-corrected chi connectivity index (χ4v) is 2.69. The molecule has 0 aromatic heterocycles. The van der Waals surface area contributed by atoms with Gasteiger partial charge in [0.1, 0.15) is 11.5 Å². The van der Waals surface area contributed by atoms with Gasteiger partial charge in [-0.05, 0) is 43.2 Å². The van der Waals surface area contributed by atoms with Gasteiger partial charge in [0.25, 0.3) is 5.91 Å². The van der Waals surface area contributed by atoms with Crippen LogP contribution in [0, 0.1) is 0 Å². The lowest BCUT2D eigenvalue weighted by Crippen LogP contribution is -2.38. The molecular formula is C21H26N2O4. The second-order valence-electron chi connectivity index (χ2n) is 5.91. The molecule has 2 aromatic rings. The van der Waals surface area contributed by atoms with Crippen molar-refractivity contribution in [2.45, 2.75) is 26.3 Å². The SMILES string of the molecule is CCOc1ccccc1C(=O)NCC(=O)NC(CC)c1ccc(OC)cc1. The average molecular weight is 370 g/mol. The molecule has 0 bridgehead atoms. The molecule has 2 N–H and O–H groups in total. The first-order valence-electron chi connectivity index (χ1n) is 9.02. The summed E-state index contributed by atoms with van der Waals surface area (Å²) >= 11 is 0. The number of benzene rings is 2. The molecule has 1 atom stereocenters. The van der Waals surface area contributed by atoms with Crippen LogP contribution in [0.5, 0.6) is 11.5 Å². The van der Waals surface area contributed by atoms with E-state index in [0.717, 1.165) is 17.7 Å². The van der Waals surface area contributed by atoms with Gasteiger partial charge in [-0.3, -0.25) is 9.59 Å². The molecule has 6 heteroatoms. The Morgan fingerprint density at radius 1 is 1.04 bits per heavy atom. The molecule has 0 aliphatic heterocycles. The third-order valence-corrected chi connectivity index (χ3v) is 4.10. The molecule has 0 saturated heterocycles. The molecule has 1 unspecified atom stereocenters. The van der Waals surface area contributed by atoms with Crippen LogP contribution in [-0.4, -0.2) is 32.1 Å². The van der Waals surface area contributed by atoms with Gasteiger partial charge in [-0.2, -0.15) is 0 Å². The molecule has 6 nitrogen and oxygen atoms in total. The Hall–Kier alpha value is -3.02. The highest BCUT2D eigenvalue weighted by Gasteiger charge is 2.16. The Bertz CT molecular complexity index is 759. The van der Waals surface area contributed by atoms with Gasteiger partial charge in [0, 0.05) is 0 Å². The highest BCUT2D eigenvalue weighted by atomic mass is 16.5. The predicted octanol–water partition coefficient (Wildman–Crippen LogP) is 3.09. The van der Waals surface area contributed by atoms with Crippen molar-refractivity contribution in [1.29, 1.82) is 0 Å². The van der Waals surface area contributed by atoms with E-state index in [1.807, 2.05) is 38.1 Å². The molecule has 2 rings (SSSR count). The van der Waals surface area contributed by atoms with E-state index in [2.05, 4.69) is 10.6 Å². The standard InChI is InChI=1S/C21H26N2O4/c1-4-18(15-10-12-16(26-3)13-11-15)23-20(24)14-22-21(25)17-8-6-7-9-19(17)27-5-2/h6-13,18H,4-5,14H2,1-3H3,(H,22,25)(H,23,24). The number of carbonyl (C=O) groups is 2. The maximum Gasteiger partial charge on any atom is 0.255 e. The number of nitrogens with one attached hydrogen (secondary N) is 2. The Labute approximate surface area is 159 Å². The molecule has 0 heterocycles. The number of hydrogen-bond donors (Lipinski definition) is 2. The van der Waals surface area contributed by atoms with Crippen LogP contribution in [0.3, 0.4) is 0 Å². The highest BCUT2D eigenvalue weighted by molar-refractivity contribution is 5.98. The lowest BCUT2D eigenvalue weighted by molar-refractivity contribution is -0.120. The molecule has 2 amide bonds. The van der Waals surface area contributed by atoms with Crippen LogP contribution in [0.25, 0.3) is 0 Å². The summed E-state index contributed by atoms with van der Waals surface area (Å²) < 4.78 is 10.6. The summed E-state index contributed by atoms with van der Waals surface area (Å²) in [5.41, 5.74) is 1.40. The molecule has 0 radical (unpaired) electrons. The summed E-state index contributed by atoms with van der Waals surface area (Å²) in [6.07, 6.45) is 0.735. The van der Waals surface area contributed by atoms with Crippen LogP contribution in [0.1, 0.15) is 42.2 Å². The Kier molecular flexibility index (Phi) is 7.67. The summed E-state index contributed by atoms with van der Waals surface area (Å²) in [5.74, 6) is 0.675. The maximum atomic E-state index is 12.4. The molecule has 27 heavy (non-hydrogen) atoms. The normalized spacial score (nSPS) is 11.4. The minimum atomic E-state index is -0.341. The van der Waals surface area contributed by atoms with E-state index < -0.39 is 0 Å². The van der Waals surface area contributed by atoms with E-state index in [4.69, 9.17) is 9.47 Å². The van der Waals surface area contributed by atoms with Crippen LogP contribution in [0.2, 0.25) is 0 Å². The largest absolute Gasteiger partial charge is 0.497 e. The van der Waals surface area contributed by atoms with Gasteiger partial charge >= 0.3 is 0 Å². The first kappa shape index (κ1) is 20.3.